The second kappa shape index (κ2) is 8.06. The predicted molar refractivity (Wildman–Crippen MR) is 69.7 cm³/mol. The number of hydrogen-bond donors (Lipinski definition) is 2. The summed E-state index contributed by atoms with van der Waals surface area (Å²) in [6, 6.07) is 0. The summed E-state index contributed by atoms with van der Waals surface area (Å²) in [6.45, 7) is 10.5. The summed E-state index contributed by atoms with van der Waals surface area (Å²) in [5, 5.41) is 0. The van der Waals surface area contributed by atoms with Gasteiger partial charge in [-0.05, 0) is 31.5 Å². The Labute approximate surface area is 92.9 Å². The number of rotatable bonds is 4. The van der Waals surface area contributed by atoms with E-state index in [1.54, 1.807) is 0 Å². The maximum Gasteiger partial charge on any atom is 0.0453 e. The summed E-state index contributed by atoms with van der Waals surface area (Å²) in [6.07, 6.45) is 8.81. The third-order valence-electron chi connectivity index (χ3n) is 1.99. The predicted octanol–water partition coefficient (Wildman–Crippen LogP) is 3.22. The van der Waals surface area contributed by atoms with Crippen LogP contribution in [0, 0.1) is 0 Å². The summed E-state index contributed by atoms with van der Waals surface area (Å²) in [7, 11) is 0. The van der Waals surface area contributed by atoms with Crippen LogP contribution in [-0.4, -0.2) is 11.5 Å². The fraction of sp³-hybridized carbons (Fsp3) is 0.385. The zero-order valence-electron chi connectivity index (χ0n) is 10.0. The van der Waals surface area contributed by atoms with E-state index < -0.39 is 0 Å². The number of aromatic nitrogens is 1. The molecule has 84 valence electrons. The molecule has 0 saturated carbocycles. The van der Waals surface area contributed by atoms with Gasteiger partial charge < -0.3 is 10.7 Å². The molecule has 1 aromatic rings. The van der Waals surface area contributed by atoms with Crippen LogP contribution < -0.4 is 5.73 Å². The first-order valence-electron chi connectivity index (χ1n) is 5.49. The molecule has 0 fully saturated rings. The van der Waals surface area contributed by atoms with Crippen LogP contribution >= 0.6 is 0 Å². The fourth-order valence-corrected chi connectivity index (χ4v) is 1.40. The van der Waals surface area contributed by atoms with Crippen molar-refractivity contribution in [2.45, 2.75) is 27.2 Å². The van der Waals surface area contributed by atoms with Crippen LogP contribution in [0.15, 0.2) is 18.9 Å². The van der Waals surface area contributed by atoms with Gasteiger partial charge >= 0.3 is 0 Å². The van der Waals surface area contributed by atoms with Gasteiger partial charge in [-0.3, -0.25) is 0 Å². The monoisotopic (exact) mass is 206 g/mol. The topological polar surface area (TPSA) is 41.8 Å². The Hall–Kier alpha value is -1.28. The maximum absolute atomic E-state index is 5.50. The van der Waals surface area contributed by atoms with Crippen molar-refractivity contribution in [3.05, 3.63) is 35.7 Å². The molecule has 0 atom stereocenters. The Balaban J connectivity index is 0.000000921. The van der Waals surface area contributed by atoms with Crippen LogP contribution in [0.1, 0.15) is 37.6 Å². The molecule has 2 nitrogen and oxygen atoms in total. The molecule has 0 aliphatic heterocycles. The third-order valence-corrected chi connectivity index (χ3v) is 1.99. The molecule has 0 aliphatic rings. The van der Waals surface area contributed by atoms with E-state index >= 15 is 0 Å². The van der Waals surface area contributed by atoms with Crippen molar-refractivity contribution in [1.82, 2.24) is 4.98 Å². The number of nitrogens with one attached hydrogen (secondary N) is 1. The van der Waals surface area contributed by atoms with E-state index in [-0.39, 0.29) is 0 Å². The molecule has 0 spiro atoms. The van der Waals surface area contributed by atoms with Gasteiger partial charge in [-0.1, -0.05) is 32.6 Å². The molecule has 0 aliphatic carbocycles. The average molecular weight is 206 g/mol. The molecule has 0 unspecified atom stereocenters. The highest BCUT2D eigenvalue weighted by Gasteiger charge is 2.04. The van der Waals surface area contributed by atoms with E-state index in [0.717, 1.165) is 12.1 Å². The molecular weight excluding hydrogens is 184 g/mol. The minimum absolute atomic E-state index is 0.675. The van der Waals surface area contributed by atoms with Crippen LogP contribution in [0.3, 0.4) is 0 Å². The first kappa shape index (κ1) is 13.7. The summed E-state index contributed by atoms with van der Waals surface area (Å²) >= 11 is 0. The first-order chi connectivity index (χ1) is 7.33. The van der Waals surface area contributed by atoms with Crippen molar-refractivity contribution in [2.24, 2.45) is 5.73 Å². The van der Waals surface area contributed by atoms with Gasteiger partial charge in [0.1, 0.15) is 0 Å². The van der Waals surface area contributed by atoms with Gasteiger partial charge in [-0.2, -0.15) is 0 Å². The lowest BCUT2D eigenvalue weighted by atomic mass is 10.1. The van der Waals surface area contributed by atoms with Gasteiger partial charge in [0.05, 0.1) is 0 Å². The second-order valence-corrected chi connectivity index (χ2v) is 2.88. The highest BCUT2D eigenvalue weighted by Crippen LogP contribution is 2.17. The van der Waals surface area contributed by atoms with Gasteiger partial charge in [0, 0.05) is 17.5 Å². The Morgan fingerprint density at radius 1 is 1.47 bits per heavy atom. The Kier molecular flexibility index (Phi) is 7.38. The summed E-state index contributed by atoms with van der Waals surface area (Å²) in [4.78, 5) is 3.20. The average Bonchev–Trinajstić information content (AvgIpc) is 2.65. The summed E-state index contributed by atoms with van der Waals surface area (Å²) in [5.74, 6) is 0. The van der Waals surface area contributed by atoms with E-state index in [2.05, 4.69) is 11.6 Å². The zero-order valence-corrected chi connectivity index (χ0v) is 10.0. The molecule has 0 aromatic carbocycles. The molecule has 0 radical (unpaired) electrons. The maximum atomic E-state index is 5.50. The quantitative estimate of drug-likeness (QED) is 0.780. The Bertz CT molecular complexity index is 308. The van der Waals surface area contributed by atoms with E-state index in [4.69, 9.17) is 5.73 Å². The third kappa shape index (κ3) is 3.76. The normalized spacial score (nSPS) is 9.87. The number of allylic oxidation sites excluding steroid dienone is 1. The summed E-state index contributed by atoms with van der Waals surface area (Å²) in [5.41, 5.74) is 9.02. The van der Waals surface area contributed by atoms with Gasteiger partial charge in [0.2, 0.25) is 0 Å². The Morgan fingerprint density at radius 2 is 2.13 bits per heavy atom. The number of H-pyrrole nitrogens is 1. The van der Waals surface area contributed by atoms with Crippen molar-refractivity contribution in [3.63, 3.8) is 0 Å². The molecule has 15 heavy (non-hydrogen) atoms. The van der Waals surface area contributed by atoms with Crippen LogP contribution in [0.25, 0.3) is 12.2 Å². The van der Waals surface area contributed by atoms with Crippen LogP contribution in [-0.2, 0) is 6.42 Å². The molecular formula is C13H22N2. The lowest BCUT2D eigenvalue weighted by molar-refractivity contribution is 0.968. The molecule has 2 heteroatoms. The number of nitrogens with two attached hydrogens (primary N) is 1. The molecule has 3 N–H and O–H groups in total. The Morgan fingerprint density at radius 3 is 2.60 bits per heavy atom. The standard InChI is InChI=1S/C11H16N2.C2H6/c1-3-5-11-10(4-2)9(6-7-12)8-13-11;1-2/h3-5,8,13H,2,6-7,12H2,1H3;1-2H3/b5-3-;. The fourth-order valence-electron chi connectivity index (χ4n) is 1.40. The second-order valence-electron chi connectivity index (χ2n) is 2.88. The molecule has 0 saturated heterocycles. The number of aromatic amines is 1. The van der Waals surface area contributed by atoms with Gasteiger partial charge in [0.25, 0.3) is 0 Å². The molecule has 1 aromatic heterocycles. The highest BCUT2D eigenvalue weighted by molar-refractivity contribution is 5.64. The smallest absolute Gasteiger partial charge is 0.0453 e. The van der Waals surface area contributed by atoms with Crippen LogP contribution in [0.2, 0.25) is 0 Å². The molecule has 0 amide bonds. The van der Waals surface area contributed by atoms with E-state index in [1.807, 2.05) is 45.2 Å². The SMILES string of the molecule is C=Cc1c(CCN)c[nH]c1/C=C\C.CC. The van der Waals surface area contributed by atoms with Crippen LogP contribution in [0.4, 0.5) is 0 Å². The van der Waals surface area contributed by atoms with Gasteiger partial charge in [-0.15, -0.1) is 0 Å². The van der Waals surface area contributed by atoms with Crippen molar-refractivity contribution < 1.29 is 0 Å². The largest absolute Gasteiger partial charge is 0.361 e. The van der Waals surface area contributed by atoms with Crippen molar-refractivity contribution in [3.8, 4) is 0 Å². The van der Waals surface area contributed by atoms with E-state index in [0.29, 0.717) is 6.54 Å². The minimum atomic E-state index is 0.675. The van der Waals surface area contributed by atoms with Crippen molar-refractivity contribution in [2.75, 3.05) is 6.54 Å². The minimum Gasteiger partial charge on any atom is -0.361 e. The van der Waals surface area contributed by atoms with Crippen LogP contribution in [0.5, 0.6) is 0 Å². The van der Waals surface area contributed by atoms with Crippen molar-refractivity contribution in [1.29, 1.82) is 0 Å². The lowest BCUT2D eigenvalue weighted by Gasteiger charge is -1.97. The van der Waals surface area contributed by atoms with Gasteiger partial charge in [-0.25, -0.2) is 0 Å². The lowest BCUT2D eigenvalue weighted by Crippen LogP contribution is -2.02. The zero-order chi connectivity index (χ0) is 11.7. The highest BCUT2D eigenvalue weighted by atomic mass is 14.7. The molecule has 0 bridgehead atoms. The summed E-state index contributed by atoms with van der Waals surface area (Å²) < 4.78 is 0. The number of hydrogen-bond acceptors (Lipinski definition) is 1. The first-order valence-corrected chi connectivity index (χ1v) is 5.49. The molecule has 1 heterocycles. The van der Waals surface area contributed by atoms with E-state index in [1.165, 1.54) is 11.1 Å². The van der Waals surface area contributed by atoms with E-state index in [9.17, 15) is 0 Å². The van der Waals surface area contributed by atoms with Gasteiger partial charge in [0.15, 0.2) is 0 Å². The van der Waals surface area contributed by atoms with Crippen molar-refractivity contribution >= 4 is 12.2 Å². The molecule has 1 rings (SSSR count).